The van der Waals surface area contributed by atoms with Crippen molar-refractivity contribution in [2.45, 2.75) is 6.92 Å². The quantitative estimate of drug-likeness (QED) is 0.499. The molecule has 4 rings (SSSR count). The van der Waals surface area contributed by atoms with Gasteiger partial charge in [0, 0.05) is 16.3 Å². The molecule has 0 unspecified atom stereocenters. The molecule has 0 radical (unpaired) electrons. The van der Waals surface area contributed by atoms with Crippen LogP contribution >= 0.6 is 0 Å². The normalized spacial score (nSPS) is 11.0. The molecule has 0 aliphatic heterocycles. The van der Waals surface area contributed by atoms with Crippen LogP contribution in [0.5, 0.6) is 0 Å². The molecular formula is C19H11FN2O. The van der Waals surface area contributed by atoms with Crippen LogP contribution in [0.15, 0.2) is 53.1 Å². The van der Waals surface area contributed by atoms with E-state index in [-0.39, 0.29) is 5.82 Å². The monoisotopic (exact) mass is 302 g/mol. The summed E-state index contributed by atoms with van der Waals surface area (Å²) in [5, 5.41) is 10.9. The molecule has 2 aromatic heterocycles. The predicted molar refractivity (Wildman–Crippen MR) is 86.4 cm³/mol. The van der Waals surface area contributed by atoms with Crippen LogP contribution in [0.1, 0.15) is 11.1 Å². The van der Waals surface area contributed by atoms with Crippen LogP contribution in [0, 0.1) is 24.1 Å². The fourth-order valence-corrected chi connectivity index (χ4v) is 2.76. The van der Waals surface area contributed by atoms with Crippen LogP contribution in [0.25, 0.3) is 33.2 Å². The maximum absolute atomic E-state index is 13.5. The van der Waals surface area contributed by atoms with Crippen LogP contribution in [0.2, 0.25) is 0 Å². The summed E-state index contributed by atoms with van der Waals surface area (Å²) >= 11 is 0. The molecule has 110 valence electrons. The van der Waals surface area contributed by atoms with Gasteiger partial charge in [0.1, 0.15) is 17.0 Å². The maximum atomic E-state index is 13.5. The third-order valence-corrected chi connectivity index (χ3v) is 3.95. The minimum Gasteiger partial charge on any atom is -0.455 e. The Morgan fingerprint density at radius 3 is 2.78 bits per heavy atom. The lowest BCUT2D eigenvalue weighted by Gasteiger charge is -2.03. The highest BCUT2D eigenvalue weighted by Crippen LogP contribution is 2.35. The molecule has 0 atom stereocenters. The van der Waals surface area contributed by atoms with E-state index in [2.05, 4.69) is 11.1 Å². The van der Waals surface area contributed by atoms with Gasteiger partial charge in [0.05, 0.1) is 23.5 Å². The van der Waals surface area contributed by atoms with Gasteiger partial charge in [-0.15, -0.1) is 0 Å². The highest BCUT2D eigenvalue weighted by atomic mass is 19.1. The summed E-state index contributed by atoms with van der Waals surface area (Å²) in [5.74, 6) is -0.329. The van der Waals surface area contributed by atoms with Crippen molar-refractivity contribution in [1.82, 2.24) is 4.98 Å². The van der Waals surface area contributed by atoms with Crippen LogP contribution in [0.4, 0.5) is 4.39 Å². The van der Waals surface area contributed by atoms with E-state index in [0.717, 1.165) is 16.3 Å². The summed E-state index contributed by atoms with van der Waals surface area (Å²) in [7, 11) is 0. The number of fused-ring (bicyclic) bond motifs is 3. The summed E-state index contributed by atoms with van der Waals surface area (Å²) in [6.07, 6.45) is 1.22. The molecule has 3 nitrogen and oxygen atoms in total. The molecule has 2 heterocycles. The molecular weight excluding hydrogens is 291 g/mol. The Morgan fingerprint density at radius 2 is 2.00 bits per heavy atom. The first-order valence-corrected chi connectivity index (χ1v) is 7.15. The second-order valence-corrected chi connectivity index (χ2v) is 5.43. The van der Waals surface area contributed by atoms with Gasteiger partial charge < -0.3 is 4.42 Å². The molecule has 0 spiro atoms. The van der Waals surface area contributed by atoms with E-state index in [1.807, 2.05) is 24.3 Å². The molecule has 4 heteroatoms. The second kappa shape index (κ2) is 4.92. The number of nitriles is 1. The fourth-order valence-electron chi connectivity index (χ4n) is 2.76. The van der Waals surface area contributed by atoms with E-state index >= 15 is 0 Å². The van der Waals surface area contributed by atoms with Gasteiger partial charge in [0.25, 0.3) is 0 Å². The van der Waals surface area contributed by atoms with Crippen molar-refractivity contribution < 1.29 is 8.81 Å². The number of aryl methyl sites for hydroxylation is 1. The molecule has 0 fully saturated rings. The Kier molecular flexibility index (Phi) is 2.88. The molecule has 0 bridgehead atoms. The van der Waals surface area contributed by atoms with E-state index in [1.54, 1.807) is 25.1 Å². The van der Waals surface area contributed by atoms with E-state index in [4.69, 9.17) is 9.68 Å². The van der Waals surface area contributed by atoms with Crippen LogP contribution in [-0.4, -0.2) is 4.98 Å². The SMILES string of the molecule is Cc1cc(-c2cccc3c2oc2cc(C#N)ccc23)ncc1F. The average Bonchev–Trinajstić information content (AvgIpc) is 2.95. The molecule has 0 aliphatic rings. The molecule has 0 amide bonds. The first kappa shape index (κ1) is 13.5. The Balaban J connectivity index is 2.04. The molecule has 0 saturated heterocycles. The van der Waals surface area contributed by atoms with E-state index in [9.17, 15) is 4.39 Å². The van der Waals surface area contributed by atoms with E-state index in [0.29, 0.717) is 28.0 Å². The minimum atomic E-state index is -0.329. The number of rotatable bonds is 1. The molecule has 0 N–H and O–H groups in total. The van der Waals surface area contributed by atoms with Crippen molar-refractivity contribution in [2.24, 2.45) is 0 Å². The molecule has 0 saturated carbocycles. The first-order chi connectivity index (χ1) is 11.2. The van der Waals surface area contributed by atoms with Crippen LogP contribution in [-0.2, 0) is 0 Å². The molecule has 23 heavy (non-hydrogen) atoms. The van der Waals surface area contributed by atoms with Crippen molar-refractivity contribution in [1.29, 1.82) is 5.26 Å². The largest absolute Gasteiger partial charge is 0.455 e. The summed E-state index contributed by atoms with van der Waals surface area (Å²) < 4.78 is 19.4. The van der Waals surface area contributed by atoms with Crippen molar-refractivity contribution in [2.75, 3.05) is 0 Å². The maximum Gasteiger partial charge on any atom is 0.144 e. The van der Waals surface area contributed by atoms with Crippen LogP contribution in [0.3, 0.4) is 0 Å². The molecule has 2 aromatic carbocycles. The van der Waals surface area contributed by atoms with E-state index < -0.39 is 0 Å². The number of pyridine rings is 1. The van der Waals surface area contributed by atoms with E-state index in [1.165, 1.54) is 6.20 Å². The predicted octanol–water partition coefficient (Wildman–Crippen LogP) is 4.97. The lowest BCUT2D eigenvalue weighted by Crippen LogP contribution is -1.89. The van der Waals surface area contributed by atoms with Gasteiger partial charge in [-0.05, 0) is 42.8 Å². The van der Waals surface area contributed by atoms with Crippen molar-refractivity contribution >= 4 is 21.9 Å². The highest BCUT2D eigenvalue weighted by molar-refractivity contribution is 6.09. The average molecular weight is 302 g/mol. The highest BCUT2D eigenvalue weighted by Gasteiger charge is 2.14. The Hall–Kier alpha value is -3.19. The van der Waals surface area contributed by atoms with Gasteiger partial charge in [-0.25, -0.2) is 4.39 Å². The topological polar surface area (TPSA) is 49.8 Å². The zero-order valence-electron chi connectivity index (χ0n) is 12.3. The summed E-state index contributed by atoms with van der Waals surface area (Å²) in [6, 6.07) is 15.0. The number of hydrogen-bond donors (Lipinski definition) is 0. The molecule has 4 aromatic rings. The van der Waals surface area contributed by atoms with Crippen LogP contribution < -0.4 is 0 Å². The second-order valence-electron chi connectivity index (χ2n) is 5.43. The first-order valence-electron chi connectivity index (χ1n) is 7.15. The number of aromatic nitrogens is 1. The van der Waals surface area contributed by atoms with Gasteiger partial charge in [0.15, 0.2) is 0 Å². The Morgan fingerprint density at radius 1 is 1.13 bits per heavy atom. The summed E-state index contributed by atoms with van der Waals surface area (Å²) in [4.78, 5) is 4.18. The Bertz CT molecular complexity index is 1110. The lowest BCUT2D eigenvalue weighted by molar-refractivity contribution is 0.612. The number of benzene rings is 2. The van der Waals surface area contributed by atoms with Gasteiger partial charge in [-0.1, -0.05) is 12.1 Å². The van der Waals surface area contributed by atoms with Gasteiger partial charge >= 0.3 is 0 Å². The fraction of sp³-hybridized carbons (Fsp3) is 0.0526. The third-order valence-electron chi connectivity index (χ3n) is 3.95. The number of para-hydroxylation sites is 1. The van der Waals surface area contributed by atoms with Crippen molar-refractivity contribution in [3.05, 3.63) is 65.6 Å². The Labute approximate surface area is 131 Å². The van der Waals surface area contributed by atoms with Gasteiger partial charge in [0.2, 0.25) is 0 Å². The third kappa shape index (κ3) is 2.06. The van der Waals surface area contributed by atoms with Crippen molar-refractivity contribution in [3.63, 3.8) is 0 Å². The summed E-state index contributed by atoms with van der Waals surface area (Å²) in [6.45, 7) is 1.71. The smallest absolute Gasteiger partial charge is 0.144 e. The summed E-state index contributed by atoms with van der Waals surface area (Å²) in [5.41, 5.74) is 3.90. The van der Waals surface area contributed by atoms with Gasteiger partial charge in [-0.3, -0.25) is 4.98 Å². The lowest BCUT2D eigenvalue weighted by atomic mass is 10.0. The number of hydrogen-bond acceptors (Lipinski definition) is 3. The molecule has 0 aliphatic carbocycles. The number of furan rings is 1. The van der Waals surface area contributed by atoms with Crippen molar-refractivity contribution in [3.8, 4) is 17.3 Å². The zero-order valence-corrected chi connectivity index (χ0v) is 12.3. The minimum absolute atomic E-state index is 0.329. The number of nitrogens with zero attached hydrogens (tertiary/aromatic N) is 2. The standard InChI is InChI=1S/C19H11FN2O/c1-11-7-17(22-10-16(11)20)15-4-2-3-14-13-6-5-12(9-21)8-18(13)23-19(14)15/h2-8,10H,1H3. The number of halogens is 1. The zero-order chi connectivity index (χ0) is 16.0. The van der Waals surface area contributed by atoms with Gasteiger partial charge in [-0.2, -0.15) is 5.26 Å².